The number of nitrogens with one attached hydrogen (secondary N) is 1. The van der Waals surface area contributed by atoms with Crippen molar-refractivity contribution in [3.8, 4) is 0 Å². The fraction of sp³-hybridized carbons (Fsp3) is 0.273. The first-order chi connectivity index (χ1) is 6.77. The largest absolute Gasteiger partial charge is 0.319 e. The van der Waals surface area contributed by atoms with Gasteiger partial charge in [-0.2, -0.15) is 0 Å². The maximum absolute atomic E-state index is 11.5. The van der Waals surface area contributed by atoms with E-state index in [-0.39, 0.29) is 11.7 Å². The maximum atomic E-state index is 11.5. The highest BCUT2D eigenvalue weighted by molar-refractivity contribution is 6.05. The molecular weight excluding hydrogens is 178 g/mol. The van der Waals surface area contributed by atoms with Gasteiger partial charge in [0, 0.05) is 12.0 Å². The number of allylic oxidation sites excluding steroid dienone is 4. The van der Waals surface area contributed by atoms with Gasteiger partial charge in [0.15, 0.2) is 5.78 Å². The highest BCUT2D eigenvalue weighted by Crippen LogP contribution is 2.13. The Hall–Kier alpha value is -1.64. The third-order valence-corrected chi connectivity index (χ3v) is 2.30. The lowest BCUT2D eigenvalue weighted by molar-refractivity contribution is -0.120. The molecule has 3 heteroatoms. The van der Waals surface area contributed by atoms with Crippen molar-refractivity contribution in [2.45, 2.75) is 19.3 Å². The van der Waals surface area contributed by atoms with Crippen LogP contribution in [0, 0.1) is 0 Å². The Morgan fingerprint density at radius 3 is 2.79 bits per heavy atom. The molecule has 0 aromatic carbocycles. The van der Waals surface area contributed by atoms with Crippen molar-refractivity contribution in [1.82, 2.24) is 5.32 Å². The molecule has 2 rings (SSSR count). The van der Waals surface area contributed by atoms with E-state index in [2.05, 4.69) is 5.32 Å². The average Bonchev–Trinajstić information content (AvgIpc) is 2.77. The van der Waals surface area contributed by atoms with Gasteiger partial charge in [0.2, 0.25) is 0 Å². The van der Waals surface area contributed by atoms with Crippen molar-refractivity contribution < 1.29 is 9.59 Å². The maximum Gasteiger partial charge on any atom is 0.255 e. The van der Waals surface area contributed by atoms with Gasteiger partial charge in [0.05, 0.1) is 5.70 Å². The van der Waals surface area contributed by atoms with E-state index >= 15 is 0 Å². The minimum absolute atomic E-state index is 0.0286. The lowest BCUT2D eigenvalue weighted by atomic mass is 10.2. The molecule has 0 bridgehead atoms. The zero-order valence-electron chi connectivity index (χ0n) is 7.75. The molecule has 3 nitrogen and oxygen atoms in total. The average molecular weight is 189 g/mol. The minimum Gasteiger partial charge on any atom is -0.319 e. The second kappa shape index (κ2) is 3.62. The van der Waals surface area contributed by atoms with Gasteiger partial charge in [-0.25, -0.2) is 0 Å². The molecule has 0 atom stereocenters. The molecule has 0 saturated heterocycles. The molecule has 0 fully saturated rings. The Labute approximate surface area is 82.2 Å². The summed E-state index contributed by atoms with van der Waals surface area (Å²) in [6.07, 6.45) is 9.37. The first-order valence-electron chi connectivity index (χ1n) is 4.69. The van der Waals surface area contributed by atoms with Gasteiger partial charge in [-0.15, -0.1) is 0 Å². The third kappa shape index (κ3) is 1.66. The highest BCUT2D eigenvalue weighted by Gasteiger charge is 2.18. The second-order valence-electron chi connectivity index (χ2n) is 3.33. The number of Topliss-reactive ketones (excluding diaryl/α,β-unsaturated/α-hetero) is 1. The number of carbonyl (C=O) groups is 2. The van der Waals surface area contributed by atoms with E-state index in [1.54, 1.807) is 12.2 Å². The lowest BCUT2D eigenvalue weighted by Gasteiger charge is -2.03. The van der Waals surface area contributed by atoms with Crippen LogP contribution >= 0.6 is 0 Å². The van der Waals surface area contributed by atoms with Crippen LogP contribution in [0.2, 0.25) is 0 Å². The van der Waals surface area contributed by atoms with Crippen molar-refractivity contribution in [2.24, 2.45) is 0 Å². The summed E-state index contributed by atoms with van der Waals surface area (Å²) in [4.78, 5) is 22.7. The standard InChI is InChI=1S/C11H11NO2/c13-10-7-3-6-9(10)12-11(14)8-4-1-2-5-8/h1,4-6H,2-3,7H2,(H,12,14). The Morgan fingerprint density at radius 2 is 2.21 bits per heavy atom. The summed E-state index contributed by atoms with van der Waals surface area (Å²) in [6, 6.07) is 0. The van der Waals surface area contributed by atoms with Gasteiger partial charge in [0.25, 0.3) is 5.91 Å². The molecule has 0 aliphatic heterocycles. The third-order valence-electron chi connectivity index (χ3n) is 2.30. The van der Waals surface area contributed by atoms with Crippen LogP contribution in [-0.4, -0.2) is 11.7 Å². The monoisotopic (exact) mass is 189 g/mol. The van der Waals surface area contributed by atoms with E-state index in [9.17, 15) is 9.59 Å². The summed E-state index contributed by atoms with van der Waals surface area (Å²) >= 11 is 0. The molecule has 0 radical (unpaired) electrons. The molecule has 0 saturated carbocycles. The number of hydrogen-bond donors (Lipinski definition) is 1. The van der Waals surface area contributed by atoms with Gasteiger partial charge in [-0.05, 0) is 12.8 Å². The topological polar surface area (TPSA) is 46.2 Å². The molecular formula is C11H11NO2. The lowest BCUT2D eigenvalue weighted by Crippen LogP contribution is -2.26. The van der Waals surface area contributed by atoms with Gasteiger partial charge in [0.1, 0.15) is 0 Å². The van der Waals surface area contributed by atoms with Crippen molar-refractivity contribution in [2.75, 3.05) is 0 Å². The molecule has 0 spiro atoms. The first kappa shape index (κ1) is 8.94. The Bertz CT molecular complexity index is 375. The Morgan fingerprint density at radius 1 is 1.36 bits per heavy atom. The van der Waals surface area contributed by atoms with E-state index in [1.165, 1.54) is 0 Å². The summed E-state index contributed by atoms with van der Waals surface area (Å²) in [6.45, 7) is 0. The molecule has 0 unspecified atom stereocenters. The SMILES string of the molecule is O=C1CCC=C1NC(=O)C1=CCC=C1. The normalized spacial score (nSPS) is 19.6. The van der Waals surface area contributed by atoms with E-state index < -0.39 is 0 Å². The minimum atomic E-state index is -0.180. The van der Waals surface area contributed by atoms with Crippen molar-refractivity contribution in [3.05, 3.63) is 35.6 Å². The van der Waals surface area contributed by atoms with E-state index in [4.69, 9.17) is 0 Å². The Kier molecular flexibility index (Phi) is 2.31. The fourth-order valence-electron chi connectivity index (χ4n) is 1.54. The van der Waals surface area contributed by atoms with Crippen molar-refractivity contribution >= 4 is 11.7 Å². The first-order valence-corrected chi connectivity index (χ1v) is 4.69. The highest BCUT2D eigenvalue weighted by atomic mass is 16.2. The van der Waals surface area contributed by atoms with Gasteiger partial charge in [-0.1, -0.05) is 24.3 Å². The zero-order valence-corrected chi connectivity index (χ0v) is 7.75. The van der Waals surface area contributed by atoms with Crippen LogP contribution in [0.25, 0.3) is 0 Å². The summed E-state index contributed by atoms with van der Waals surface area (Å²) < 4.78 is 0. The molecule has 0 aromatic rings. The van der Waals surface area contributed by atoms with Crippen LogP contribution in [0.15, 0.2) is 35.6 Å². The smallest absolute Gasteiger partial charge is 0.255 e. The van der Waals surface area contributed by atoms with Crippen molar-refractivity contribution in [1.29, 1.82) is 0 Å². The van der Waals surface area contributed by atoms with E-state index in [0.717, 1.165) is 12.8 Å². The predicted octanol–water partition coefficient (Wildman–Crippen LogP) is 1.24. The van der Waals surface area contributed by atoms with E-state index in [1.807, 2.05) is 12.2 Å². The quantitative estimate of drug-likeness (QED) is 0.710. The van der Waals surface area contributed by atoms with Crippen LogP contribution < -0.4 is 5.32 Å². The number of carbonyl (C=O) groups excluding carboxylic acids is 2. The number of hydrogen-bond acceptors (Lipinski definition) is 2. The molecule has 72 valence electrons. The number of rotatable bonds is 2. The van der Waals surface area contributed by atoms with Crippen LogP contribution in [-0.2, 0) is 9.59 Å². The zero-order chi connectivity index (χ0) is 9.97. The van der Waals surface area contributed by atoms with Gasteiger partial charge in [-0.3, -0.25) is 9.59 Å². The Balaban J connectivity index is 2.01. The summed E-state index contributed by atoms with van der Waals surface area (Å²) in [5, 5.41) is 2.62. The fourth-order valence-corrected chi connectivity index (χ4v) is 1.54. The molecule has 0 heterocycles. The van der Waals surface area contributed by atoms with Crippen LogP contribution in [0.1, 0.15) is 19.3 Å². The van der Waals surface area contributed by atoms with Crippen molar-refractivity contribution in [3.63, 3.8) is 0 Å². The number of amides is 1. The molecule has 2 aliphatic carbocycles. The molecule has 14 heavy (non-hydrogen) atoms. The summed E-state index contributed by atoms with van der Waals surface area (Å²) in [7, 11) is 0. The molecule has 2 aliphatic rings. The van der Waals surface area contributed by atoms with Crippen LogP contribution in [0.5, 0.6) is 0 Å². The van der Waals surface area contributed by atoms with Gasteiger partial charge >= 0.3 is 0 Å². The summed E-state index contributed by atoms with van der Waals surface area (Å²) in [5.74, 6) is -0.152. The summed E-state index contributed by atoms with van der Waals surface area (Å²) in [5.41, 5.74) is 1.10. The number of ketones is 1. The van der Waals surface area contributed by atoms with Gasteiger partial charge < -0.3 is 5.32 Å². The van der Waals surface area contributed by atoms with Crippen LogP contribution in [0.3, 0.4) is 0 Å². The molecule has 0 aromatic heterocycles. The molecule has 1 N–H and O–H groups in total. The van der Waals surface area contributed by atoms with E-state index in [0.29, 0.717) is 17.7 Å². The second-order valence-corrected chi connectivity index (χ2v) is 3.33. The predicted molar refractivity (Wildman–Crippen MR) is 52.3 cm³/mol. The molecule has 1 amide bonds. The van der Waals surface area contributed by atoms with Crippen LogP contribution in [0.4, 0.5) is 0 Å².